The molecule has 1 fully saturated rings. The molecule has 0 bridgehead atoms. The molecule has 0 aliphatic heterocycles. The lowest BCUT2D eigenvalue weighted by Crippen LogP contribution is -2.11. The number of anilines is 1. The van der Waals surface area contributed by atoms with Crippen LogP contribution < -0.4 is 10.1 Å². The molecular weight excluding hydrogens is 214 g/mol. The molecule has 1 aliphatic rings. The molecule has 0 atom stereocenters. The second-order valence-electron chi connectivity index (χ2n) is 4.47. The molecule has 17 heavy (non-hydrogen) atoms. The monoisotopic (exact) mass is 235 g/mol. The Labute approximate surface area is 103 Å². The van der Waals surface area contributed by atoms with Crippen molar-refractivity contribution in [1.82, 2.24) is 0 Å². The first-order valence-electron chi connectivity index (χ1n) is 6.38. The molecule has 3 heteroatoms. The van der Waals surface area contributed by atoms with Crippen LogP contribution in [-0.2, 0) is 4.74 Å². The number of nitrogens with one attached hydrogen (secondary N) is 1. The van der Waals surface area contributed by atoms with Gasteiger partial charge in [-0.1, -0.05) is 0 Å². The van der Waals surface area contributed by atoms with Gasteiger partial charge in [-0.25, -0.2) is 0 Å². The van der Waals surface area contributed by atoms with Crippen molar-refractivity contribution in [2.75, 3.05) is 25.6 Å². The van der Waals surface area contributed by atoms with Gasteiger partial charge in [0.25, 0.3) is 0 Å². The first-order chi connectivity index (χ1) is 8.38. The minimum atomic E-state index is 0.433. The number of rotatable bonds is 6. The topological polar surface area (TPSA) is 30.5 Å². The maximum absolute atomic E-state index is 5.90. The maximum Gasteiger partial charge on any atom is 0.119 e. The van der Waals surface area contributed by atoms with E-state index in [0.717, 1.165) is 24.6 Å². The van der Waals surface area contributed by atoms with Gasteiger partial charge in [-0.15, -0.1) is 0 Å². The maximum atomic E-state index is 5.90. The average molecular weight is 235 g/mol. The lowest BCUT2D eigenvalue weighted by Gasteiger charge is -2.13. The van der Waals surface area contributed by atoms with Crippen molar-refractivity contribution in [3.05, 3.63) is 24.3 Å². The van der Waals surface area contributed by atoms with Gasteiger partial charge in [-0.3, -0.25) is 0 Å². The highest BCUT2D eigenvalue weighted by atomic mass is 16.5. The Morgan fingerprint density at radius 1 is 1.18 bits per heavy atom. The van der Waals surface area contributed by atoms with Crippen molar-refractivity contribution >= 4 is 5.69 Å². The highest BCUT2D eigenvalue weighted by Crippen LogP contribution is 2.24. The van der Waals surface area contributed by atoms with E-state index in [1.807, 2.05) is 12.1 Å². The van der Waals surface area contributed by atoms with E-state index in [4.69, 9.17) is 9.47 Å². The van der Waals surface area contributed by atoms with Gasteiger partial charge < -0.3 is 14.8 Å². The zero-order valence-electron chi connectivity index (χ0n) is 10.4. The van der Waals surface area contributed by atoms with Crippen LogP contribution >= 0.6 is 0 Å². The van der Waals surface area contributed by atoms with Crippen LogP contribution in [0.2, 0.25) is 0 Å². The Morgan fingerprint density at radius 3 is 2.53 bits per heavy atom. The van der Waals surface area contributed by atoms with E-state index in [0.29, 0.717) is 6.10 Å². The van der Waals surface area contributed by atoms with E-state index in [9.17, 15) is 0 Å². The molecule has 3 nitrogen and oxygen atoms in total. The molecular formula is C14H21NO2. The molecule has 0 heterocycles. The Bertz CT molecular complexity index is 317. The summed E-state index contributed by atoms with van der Waals surface area (Å²) in [5.74, 6) is 0.981. The lowest BCUT2D eigenvalue weighted by molar-refractivity contribution is 0.210. The Balaban J connectivity index is 1.80. The minimum absolute atomic E-state index is 0.433. The molecule has 1 aromatic carbocycles. The molecule has 0 spiro atoms. The number of ether oxygens (including phenoxy) is 2. The molecule has 94 valence electrons. The number of hydrogen-bond acceptors (Lipinski definition) is 3. The van der Waals surface area contributed by atoms with Crippen molar-refractivity contribution in [2.45, 2.75) is 31.8 Å². The highest BCUT2D eigenvalue weighted by molar-refractivity contribution is 5.46. The van der Waals surface area contributed by atoms with Gasteiger partial charge in [0.15, 0.2) is 0 Å². The van der Waals surface area contributed by atoms with Gasteiger partial charge >= 0.3 is 0 Å². The molecule has 0 unspecified atom stereocenters. The summed E-state index contributed by atoms with van der Waals surface area (Å²) in [4.78, 5) is 0. The summed E-state index contributed by atoms with van der Waals surface area (Å²) in [5.41, 5.74) is 1.11. The summed E-state index contributed by atoms with van der Waals surface area (Å²) in [6, 6.07) is 8.18. The molecule has 1 aromatic rings. The summed E-state index contributed by atoms with van der Waals surface area (Å²) < 4.78 is 10.9. The summed E-state index contributed by atoms with van der Waals surface area (Å²) in [5, 5.41) is 3.29. The third-order valence-corrected chi connectivity index (χ3v) is 3.09. The molecule has 0 amide bonds. The zero-order valence-corrected chi connectivity index (χ0v) is 10.4. The van der Waals surface area contributed by atoms with Gasteiger partial charge in [0.1, 0.15) is 5.75 Å². The smallest absolute Gasteiger partial charge is 0.119 e. The fraction of sp³-hybridized carbons (Fsp3) is 0.571. The highest BCUT2D eigenvalue weighted by Gasteiger charge is 2.16. The van der Waals surface area contributed by atoms with Gasteiger partial charge in [0, 0.05) is 19.3 Å². The Morgan fingerprint density at radius 2 is 1.88 bits per heavy atom. The molecule has 1 N–H and O–H groups in total. The van der Waals surface area contributed by atoms with Crippen molar-refractivity contribution in [3.63, 3.8) is 0 Å². The Hall–Kier alpha value is -1.22. The van der Waals surface area contributed by atoms with E-state index in [1.165, 1.54) is 25.7 Å². The van der Waals surface area contributed by atoms with Crippen LogP contribution in [0, 0.1) is 0 Å². The quantitative estimate of drug-likeness (QED) is 0.769. The number of hydrogen-bond donors (Lipinski definition) is 1. The molecule has 2 rings (SSSR count). The third kappa shape index (κ3) is 3.93. The molecule has 1 saturated carbocycles. The summed E-state index contributed by atoms with van der Waals surface area (Å²) >= 11 is 0. The molecule has 0 saturated heterocycles. The van der Waals surface area contributed by atoms with Gasteiger partial charge in [-0.2, -0.15) is 0 Å². The molecule has 0 aromatic heterocycles. The fourth-order valence-electron chi connectivity index (χ4n) is 2.15. The van der Waals surface area contributed by atoms with Crippen LogP contribution in [0.1, 0.15) is 25.7 Å². The van der Waals surface area contributed by atoms with Crippen LogP contribution in [-0.4, -0.2) is 26.4 Å². The largest absolute Gasteiger partial charge is 0.490 e. The fourth-order valence-corrected chi connectivity index (χ4v) is 2.15. The summed E-state index contributed by atoms with van der Waals surface area (Å²) in [6.07, 6.45) is 5.45. The average Bonchev–Trinajstić information content (AvgIpc) is 2.85. The predicted molar refractivity (Wildman–Crippen MR) is 69.7 cm³/mol. The van der Waals surface area contributed by atoms with Crippen LogP contribution in [0.25, 0.3) is 0 Å². The second kappa shape index (κ2) is 6.50. The summed E-state index contributed by atoms with van der Waals surface area (Å²) in [6.45, 7) is 1.56. The number of benzene rings is 1. The van der Waals surface area contributed by atoms with Crippen molar-refractivity contribution in [1.29, 1.82) is 0 Å². The SMILES string of the molecule is COCCNc1ccc(OC2CCCC2)cc1. The van der Waals surface area contributed by atoms with E-state index in [-0.39, 0.29) is 0 Å². The standard InChI is InChI=1S/C14H21NO2/c1-16-11-10-15-12-6-8-14(9-7-12)17-13-4-2-3-5-13/h6-9,13,15H,2-5,10-11H2,1H3. The van der Waals surface area contributed by atoms with E-state index < -0.39 is 0 Å². The molecule has 0 radical (unpaired) electrons. The second-order valence-corrected chi connectivity index (χ2v) is 4.47. The van der Waals surface area contributed by atoms with Gasteiger partial charge in [-0.05, 0) is 49.9 Å². The van der Waals surface area contributed by atoms with Gasteiger partial charge in [0.05, 0.1) is 12.7 Å². The van der Waals surface area contributed by atoms with E-state index >= 15 is 0 Å². The third-order valence-electron chi connectivity index (χ3n) is 3.09. The predicted octanol–water partition coefficient (Wildman–Crippen LogP) is 3.07. The van der Waals surface area contributed by atoms with Crippen molar-refractivity contribution < 1.29 is 9.47 Å². The van der Waals surface area contributed by atoms with E-state index in [2.05, 4.69) is 17.4 Å². The number of methoxy groups -OCH3 is 1. The first kappa shape index (κ1) is 12.2. The van der Waals surface area contributed by atoms with E-state index in [1.54, 1.807) is 7.11 Å². The summed E-state index contributed by atoms with van der Waals surface area (Å²) in [7, 11) is 1.71. The first-order valence-corrected chi connectivity index (χ1v) is 6.38. The van der Waals surface area contributed by atoms with Crippen molar-refractivity contribution in [3.8, 4) is 5.75 Å². The van der Waals surface area contributed by atoms with Crippen LogP contribution in [0.5, 0.6) is 5.75 Å². The molecule has 1 aliphatic carbocycles. The van der Waals surface area contributed by atoms with Crippen LogP contribution in [0.15, 0.2) is 24.3 Å². The minimum Gasteiger partial charge on any atom is -0.490 e. The van der Waals surface area contributed by atoms with Gasteiger partial charge in [0.2, 0.25) is 0 Å². The zero-order chi connectivity index (χ0) is 11.9. The normalized spacial score (nSPS) is 16.1. The van der Waals surface area contributed by atoms with Crippen molar-refractivity contribution in [2.24, 2.45) is 0 Å². The Kier molecular flexibility index (Phi) is 4.68. The van der Waals surface area contributed by atoms with Crippen LogP contribution in [0.3, 0.4) is 0 Å². The van der Waals surface area contributed by atoms with Crippen LogP contribution in [0.4, 0.5) is 5.69 Å². The lowest BCUT2D eigenvalue weighted by atomic mass is 10.2.